The van der Waals surface area contributed by atoms with Crippen LogP contribution in [0.1, 0.15) is 26.7 Å². The number of carbonyl (C=O) groups excluding carboxylic acids is 1. The zero-order valence-corrected chi connectivity index (χ0v) is 15.7. The first-order chi connectivity index (χ1) is 11.8. The van der Waals surface area contributed by atoms with E-state index in [1.807, 2.05) is 13.8 Å². The molecule has 0 N–H and O–H groups in total. The molecule has 0 atom stereocenters. The summed E-state index contributed by atoms with van der Waals surface area (Å²) >= 11 is 0. The molecule has 1 amide bonds. The van der Waals surface area contributed by atoms with Crippen LogP contribution >= 0.6 is 0 Å². The third-order valence-corrected chi connectivity index (χ3v) is 6.05. The summed E-state index contributed by atoms with van der Waals surface area (Å²) in [5.74, 6) is -0.231. The predicted molar refractivity (Wildman–Crippen MR) is 92.4 cm³/mol. The zero-order valence-electron chi connectivity index (χ0n) is 14.9. The Hall–Kier alpha value is -1.67. The monoisotopic (exact) mass is 372 g/mol. The highest BCUT2D eigenvalue weighted by Crippen LogP contribution is 2.28. The Morgan fingerprint density at radius 3 is 2.60 bits per heavy atom. The van der Waals surface area contributed by atoms with Crippen LogP contribution in [0, 0.1) is 11.7 Å². The molecule has 6 nitrogen and oxygen atoms in total. The number of carbonyl (C=O) groups is 1. The van der Waals surface area contributed by atoms with E-state index < -0.39 is 15.8 Å². The largest absolute Gasteiger partial charge is 0.495 e. The number of amides is 1. The van der Waals surface area contributed by atoms with Gasteiger partial charge in [-0.15, -0.1) is 0 Å². The molecule has 0 unspecified atom stereocenters. The van der Waals surface area contributed by atoms with Crippen molar-refractivity contribution >= 4 is 15.9 Å². The molecule has 1 aliphatic rings. The minimum atomic E-state index is -3.89. The summed E-state index contributed by atoms with van der Waals surface area (Å²) in [5, 5.41) is 0. The van der Waals surface area contributed by atoms with E-state index in [4.69, 9.17) is 4.74 Å². The van der Waals surface area contributed by atoms with Gasteiger partial charge in [-0.25, -0.2) is 12.8 Å². The lowest BCUT2D eigenvalue weighted by atomic mass is 10.1. The Labute approximate surface area is 148 Å². The average Bonchev–Trinajstić information content (AvgIpc) is 2.80. The van der Waals surface area contributed by atoms with Crippen molar-refractivity contribution in [1.82, 2.24) is 9.21 Å². The van der Waals surface area contributed by atoms with E-state index in [-0.39, 0.29) is 35.6 Å². The molecule has 1 saturated heterocycles. The maximum absolute atomic E-state index is 13.6. The van der Waals surface area contributed by atoms with E-state index in [1.165, 1.54) is 17.5 Å². The second-order valence-corrected chi connectivity index (χ2v) is 8.44. The van der Waals surface area contributed by atoms with E-state index in [2.05, 4.69) is 0 Å². The number of methoxy groups -OCH3 is 1. The Morgan fingerprint density at radius 2 is 1.96 bits per heavy atom. The first kappa shape index (κ1) is 19.7. The number of benzene rings is 1. The van der Waals surface area contributed by atoms with Crippen molar-refractivity contribution in [3.8, 4) is 5.75 Å². The van der Waals surface area contributed by atoms with Gasteiger partial charge in [-0.05, 0) is 30.5 Å². The molecule has 140 valence electrons. The van der Waals surface area contributed by atoms with Crippen molar-refractivity contribution in [2.45, 2.75) is 31.6 Å². The summed E-state index contributed by atoms with van der Waals surface area (Å²) in [5.41, 5.74) is 0. The summed E-state index contributed by atoms with van der Waals surface area (Å²) < 4.78 is 45.7. The highest BCUT2D eigenvalue weighted by atomic mass is 32.2. The van der Waals surface area contributed by atoms with Crippen LogP contribution < -0.4 is 4.74 Å². The summed E-state index contributed by atoms with van der Waals surface area (Å²) in [7, 11) is -2.54. The fraction of sp³-hybridized carbons (Fsp3) is 0.588. The summed E-state index contributed by atoms with van der Waals surface area (Å²) in [4.78, 5) is 13.7. The van der Waals surface area contributed by atoms with Gasteiger partial charge in [0.15, 0.2) is 0 Å². The van der Waals surface area contributed by atoms with Crippen LogP contribution in [0.5, 0.6) is 5.75 Å². The first-order valence-electron chi connectivity index (χ1n) is 8.37. The van der Waals surface area contributed by atoms with Gasteiger partial charge in [0.25, 0.3) is 0 Å². The van der Waals surface area contributed by atoms with Crippen LogP contribution in [-0.2, 0) is 14.8 Å². The third kappa shape index (κ3) is 4.70. The Kier molecular flexibility index (Phi) is 6.40. The fourth-order valence-corrected chi connectivity index (χ4v) is 4.49. The highest BCUT2D eigenvalue weighted by Gasteiger charge is 2.30. The molecule has 2 rings (SSSR count). The third-order valence-electron chi connectivity index (χ3n) is 4.13. The number of hydrogen-bond acceptors (Lipinski definition) is 4. The fourth-order valence-electron chi connectivity index (χ4n) is 2.85. The molecule has 1 aromatic rings. The molecule has 1 aliphatic heterocycles. The van der Waals surface area contributed by atoms with Crippen molar-refractivity contribution in [2.24, 2.45) is 5.92 Å². The highest BCUT2D eigenvalue weighted by molar-refractivity contribution is 7.89. The molecule has 1 heterocycles. The van der Waals surface area contributed by atoms with Gasteiger partial charge >= 0.3 is 0 Å². The molecule has 0 saturated carbocycles. The molecular weight excluding hydrogens is 347 g/mol. The maximum Gasteiger partial charge on any atom is 0.246 e. The Bertz CT molecular complexity index is 721. The van der Waals surface area contributed by atoms with E-state index in [1.54, 1.807) is 4.90 Å². The lowest BCUT2D eigenvalue weighted by molar-refractivity contribution is -0.131. The second-order valence-electron chi connectivity index (χ2n) is 6.53. The summed E-state index contributed by atoms with van der Waals surface area (Å²) in [6.45, 7) is 5.28. The molecule has 8 heteroatoms. The van der Waals surface area contributed by atoms with Gasteiger partial charge < -0.3 is 9.64 Å². The lowest BCUT2D eigenvalue weighted by Gasteiger charge is -2.23. The number of nitrogens with zero attached hydrogens (tertiary/aromatic N) is 2. The number of hydrogen-bond donors (Lipinski definition) is 0. The van der Waals surface area contributed by atoms with Crippen LogP contribution in [0.25, 0.3) is 0 Å². The van der Waals surface area contributed by atoms with Crippen LogP contribution in [0.4, 0.5) is 4.39 Å². The lowest BCUT2D eigenvalue weighted by Crippen LogP contribution is -2.37. The number of sulfonamides is 1. The van der Waals surface area contributed by atoms with Gasteiger partial charge in [-0.3, -0.25) is 4.79 Å². The second kappa shape index (κ2) is 8.14. The van der Waals surface area contributed by atoms with E-state index in [0.717, 1.165) is 12.1 Å². The van der Waals surface area contributed by atoms with Crippen LogP contribution in [0.2, 0.25) is 0 Å². The normalized spacial score (nSPS) is 16.8. The van der Waals surface area contributed by atoms with Gasteiger partial charge in [0.1, 0.15) is 16.5 Å². The van der Waals surface area contributed by atoms with Gasteiger partial charge in [0, 0.05) is 32.6 Å². The number of rotatable bonds is 5. The molecule has 1 aromatic carbocycles. The molecule has 0 spiro atoms. The van der Waals surface area contributed by atoms with Crippen LogP contribution in [0.3, 0.4) is 0 Å². The van der Waals surface area contributed by atoms with Crippen LogP contribution in [-0.4, -0.2) is 56.8 Å². The van der Waals surface area contributed by atoms with Crippen molar-refractivity contribution in [3.05, 3.63) is 24.0 Å². The zero-order chi connectivity index (χ0) is 18.6. The average molecular weight is 372 g/mol. The molecule has 0 radical (unpaired) electrons. The molecular formula is C17H25FN2O4S. The van der Waals surface area contributed by atoms with Crippen molar-refractivity contribution in [2.75, 3.05) is 33.3 Å². The standard InChI is InChI=1S/C17H25FN2O4S/c1-13(2)11-17(21)19-7-4-8-20(10-9-19)25(22,23)16-12-14(18)5-6-15(16)24-3/h5-6,12-13H,4,7-11H2,1-3H3. The van der Waals surface area contributed by atoms with Crippen molar-refractivity contribution in [1.29, 1.82) is 0 Å². The van der Waals surface area contributed by atoms with Crippen LogP contribution in [0.15, 0.2) is 23.1 Å². The minimum Gasteiger partial charge on any atom is -0.495 e. The van der Waals surface area contributed by atoms with Gasteiger partial charge in [-0.2, -0.15) is 4.31 Å². The van der Waals surface area contributed by atoms with Crippen molar-refractivity contribution in [3.63, 3.8) is 0 Å². The quantitative estimate of drug-likeness (QED) is 0.794. The molecule has 0 aliphatic carbocycles. The molecule has 1 fully saturated rings. The van der Waals surface area contributed by atoms with Gasteiger partial charge in [0.2, 0.25) is 15.9 Å². The Balaban J connectivity index is 2.19. The smallest absolute Gasteiger partial charge is 0.246 e. The minimum absolute atomic E-state index is 0.0394. The molecule has 0 aromatic heterocycles. The first-order valence-corrected chi connectivity index (χ1v) is 9.81. The van der Waals surface area contributed by atoms with E-state index in [9.17, 15) is 17.6 Å². The van der Waals surface area contributed by atoms with Gasteiger partial charge in [0.05, 0.1) is 7.11 Å². The predicted octanol–water partition coefficient (Wildman–Crippen LogP) is 2.10. The van der Waals surface area contributed by atoms with E-state index in [0.29, 0.717) is 25.9 Å². The topological polar surface area (TPSA) is 66.9 Å². The molecule has 0 bridgehead atoms. The summed E-state index contributed by atoms with van der Waals surface area (Å²) in [6.07, 6.45) is 0.991. The number of halogens is 1. The molecule has 25 heavy (non-hydrogen) atoms. The van der Waals surface area contributed by atoms with E-state index >= 15 is 0 Å². The maximum atomic E-state index is 13.6. The Morgan fingerprint density at radius 1 is 1.24 bits per heavy atom. The van der Waals surface area contributed by atoms with Gasteiger partial charge in [-0.1, -0.05) is 13.8 Å². The number of ether oxygens (including phenoxy) is 1. The SMILES string of the molecule is COc1ccc(F)cc1S(=O)(=O)N1CCCN(C(=O)CC(C)C)CC1. The van der Waals surface area contributed by atoms with Crippen molar-refractivity contribution < 1.29 is 22.3 Å². The summed E-state index contributed by atoms with van der Waals surface area (Å²) in [6, 6.07) is 3.44.